The van der Waals surface area contributed by atoms with E-state index in [1.807, 2.05) is 31.3 Å². The highest BCUT2D eigenvalue weighted by atomic mass is 35.5. The first-order valence-corrected chi connectivity index (χ1v) is 6.30. The molecule has 0 saturated carbocycles. The predicted molar refractivity (Wildman–Crippen MR) is 74.2 cm³/mol. The van der Waals surface area contributed by atoms with Gasteiger partial charge in [0.15, 0.2) is 0 Å². The van der Waals surface area contributed by atoms with Crippen LogP contribution in [-0.2, 0) is 13.6 Å². The van der Waals surface area contributed by atoms with Crippen LogP contribution in [0.2, 0.25) is 0 Å². The van der Waals surface area contributed by atoms with Gasteiger partial charge in [-0.05, 0) is 30.7 Å². The summed E-state index contributed by atoms with van der Waals surface area (Å²) in [5, 5.41) is 3.53. The molecule has 1 aromatic heterocycles. The van der Waals surface area contributed by atoms with Gasteiger partial charge < -0.3 is 23.5 Å². The Balaban J connectivity index is 0.00000180. The molecule has 0 aliphatic rings. The molecule has 4 nitrogen and oxygen atoms in total. The smallest absolute Gasteiger partial charge is 0.243 e. The van der Waals surface area contributed by atoms with Crippen molar-refractivity contribution in [3.63, 3.8) is 0 Å². The Kier molecular flexibility index (Phi) is 5.70. The average molecular weight is 281 g/mol. The predicted octanol–water partition coefficient (Wildman–Crippen LogP) is -1.21. The standard InChI is InChI=1S/C14H21N4.ClH/c1-3-13(10-18-9-8-17(2)11-18)16-14-6-4-12(15)5-7-14;/h4-9,11,13,16H,3,10,15H2,1-2H3;1H/q+1;/p-1. The van der Waals surface area contributed by atoms with Crippen molar-refractivity contribution >= 4 is 11.4 Å². The summed E-state index contributed by atoms with van der Waals surface area (Å²) in [5.74, 6) is 0. The summed E-state index contributed by atoms with van der Waals surface area (Å²) in [5.41, 5.74) is 7.60. The molecule has 1 aromatic carbocycles. The van der Waals surface area contributed by atoms with Crippen molar-refractivity contribution in [1.82, 2.24) is 4.57 Å². The van der Waals surface area contributed by atoms with Crippen LogP contribution in [0.25, 0.3) is 0 Å². The van der Waals surface area contributed by atoms with E-state index in [4.69, 9.17) is 5.73 Å². The van der Waals surface area contributed by atoms with Gasteiger partial charge in [0.1, 0.15) is 18.9 Å². The third-order valence-corrected chi connectivity index (χ3v) is 3.03. The second-order valence-electron chi connectivity index (χ2n) is 4.65. The number of benzene rings is 1. The minimum atomic E-state index is 0. The number of nitrogens with one attached hydrogen (secondary N) is 1. The van der Waals surface area contributed by atoms with Crippen LogP contribution < -0.4 is 28.0 Å². The van der Waals surface area contributed by atoms with Crippen molar-refractivity contribution in [2.75, 3.05) is 11.1 Å². The minimum Gasteiger partial charge on any atom is -1.00 e. The van der Waals surface area contributed by atoms with Crippen LogP contribution >= 0.6 is 0 Å². The normalized spacial score (nSPS) is 11.7. The molecule has 1 unspecified atom stereocenters. The molecule has 0 aliphatic carbocycles. The van der Waals surface area contributed by atoms with E-state index in [9.17, 15) is 0 Å². The molecular formula is C14H21ClN4. The minimum absolute atomic E-state index is 0. The first-order chi connectivity index (χ1) is 8.67. The number of nitrogens with zero attached hydrogens (tertiary/aromatic N) is 2. The number of hydrogen-bond acceptors (Lipinski definition) is 2. The van der Waals surface area contributed by atoms with Crippen molar-refractivity contribution in [3.8, 4) is 0 Å². The zero-order valence-corrected chi connectivity index (χ0v) is 12.1. The number of hydrogen-bond donors (Lipinski definition) is 2. The van der Waals surface area contributed by atoms with Crippen molar-refractivity contribution in [3.05, 3.63) is 43.0 Å². The van der Waals surface area contributed by atoms with Crippen LogP contribution in [-0.4, -0.2) is 10.6 Å². The van der Waals surface area contributed by atoms with Gasteiger partial charge in [-0.2, -0.15) is 0 Å². The fourth-order valence-corrected chi connectivity index (χ4v) is 1.96. The molecule has 1 atom stereocenters. The number of nitrogen functional groups attached to an aromatic ring is 1. The van der Waals surface area contributed by atoms with E-state index in [1.54, 1.807) is 0 Å². The maximum atomic E-state index is 5.68. The second kappa shape index (κ2) is 7.04. The molecule has 0 radical (unpaired) electrons. The SMILES string of the molecule is CCC(Cn1cc[n+](C)c1)Nc1ccc(N)cc1.[Cl-]. The van der Waals surface area contributed by atoms with Crippen molar-refractivity contribution in [1.29, 1.82) is 0 Å². The molecule has 2 aromatic rings. The summed E-state index contributed by atoms with van der Waals surface area (Å²) in [6, 6.07) is 8.30. The Morgan fingerprint density at radius 2 is 2.00 bits per heavy atom. The van der Waals surface area contributed by atoms with E-state index < -0.39 is 0 Å². The highest BCUT2D eigenvalue weighted by Crippen LogP contribution is 2.13. The van der Waals surface area contributed by atoms with Gasteiger partial charge in [-0.25, -0.2) is 9.13 Å². The molecule has 5 heteroatoms. The van der Waals surface area contributed by atoms with Gasteiger partial charge in [-0.3, -0.25) is 0 Å². The number of aromatic nitrogens is 2. The maximum Gasteiger partial charge on any atom is 0.243 e. The topological polar surface area (TPSA) is 46.9 Å². The molecular weight excluding hydrogens is 260 g/mol. The molecule has 19 heavy (non-hydrogen) atoms. The maximum absolute atomic E-state index is 5.68. The molecule has 3 N–H and O–H groups in total. The molecule has 2 rings (SSSR count). The quantitative estimate of drug-likeness (QED) is 0.533. The molecule has 1 heterocycles. The van der Waals surface area contributed by atoms with Crippen LogP contribution in [0.15, 0.2) is 43.0 Å². The van der Waals surface area contributed by atoms with Gasteiger partial charge >= 0.3 is 0 Å². The summed E-state index contributed by atoms with van der Waals surface area (Å²) in [4.78, 5) is 0. The average Bonchev–Trinajstić information content (AvgIpc) is 2.77. The van der Waals surface area contributed by atoms with Gasteiger partial charge in [0, 0.05) is 11.4 Å². The molecule has 104 valence electrons. The van der Waals surface area contributed by atoms with Crippen LogP contribution in [0.1, 0.15) is 13.3 Å². The van der Waals surface area contributed by atoms with Gasteiger partial charge in [-0.1, -0.05) is 6.92 Å². The fraction of sp³-hybridized carbons (Fsp3) is 0.357. The number of aryl methyl sites for hydroxylation is 1. The van der Waals surface area contributed by atoms with Crippen molar-refractivity contribution < 1.29 is 17.0 Å². The number of nitrogens with two attached hydrogens (primary N) is 1. The zero-order chi connectivity index (χ0) is 13.0. The van der Waals surface area contributed by atoms with Gasteiger partial charge in [0.05, 0.1) is 13.1 Å². The van der Waals surface area contributed by atoms with Gasteiger partial charge in [0.2, 0.25) is 6.33 Å². The van der Waals surface area contributed by atoms with Crippen LogP contribution in [0.5, 0.6) is 0 Å². The lowest BCUT2D eigenvalue weighted by Crippen LogP contribution is -3.00. The van der Waals surface area contributed by atoms with Gasteiger partial charge in [0.25, 0.3) is 0 Å². The summed E-state index contributed by atoms with van der Waals surface area (Å²) in [7, 11) is 2.03. The van der Waals surface area contributed by atoms with E-state index in [2.05, 4.69) is 40.1 Å². The lowest BCUT2D eigenvalue weighted by molar-refractivity contribution is -0.671. The summed E-state index contributed by atoms with van der Waals surface area (Å²) < 4.78 is 4.24. The van der Waals surface area contributed by atoms with Crippen LogP contribution in [0.4, 0.5) is 11.4 Å². The van der Waals surface area contributed by atoms with Crippen LogP contribution in [0.3, 0.4) is 0 Å². The molecule has 0 fully saturated rings. The zero-order valence-electron chi connectivity index (χ0n) is 11.4. The van der Waals surface area contributed by atoms with E-state index in [0.717, 1.165) is 24.3 Å². The Hall–Kier alpha value is -1.68. The number of imidazole rings is 1. The highest BCUT2D eigenvalue weighted by Gasteiger charge is 2.10. The number of anilines is 2. The Morgan fingerprint density at radius 1 is 1.32 bits per heavy atom. The molecule has 0 spiro atoms. The Labute approximate surface area is 120 Å². The number of rotatable bonds is 5. The molecule has 0 amide bonds. The first kappa shape index (κ1) is 15.4. The molecule has 0 aliphatic heterocycles. The molecule has 0 bridgehead atoms. The summed E-state index contributed by atoms with van der Waals surface area (Å²) >= 11 is 0. The van der Waals surface area contributed by atoms with Crippen molar-refractivity contribution in [2.45, 2.75) is 25.9 Å². The summed E-state index contributed by atoms with van der Waals surface area (Å²) in [6.07, 6.45) is 7.31. The highest BCUT2D eigenvalue weighted by molar-refractivity contribution is 5.51. The third-order valence-electron chi connectivity index (χ3n) is 3.03. The number of halogens is 1. The van der Waals surface area contributed by atoms with E-state index >= 15 is 0 Å². The first-order valence-electron chi connectivity index (χ1n) is 6.30. The van der Waals surface area contributed by atoms with E-state index in [0.29, 0.717) is 6.04 Å². The largest absolute Gasteiger partial charge is 1.00 e. The molecule has 0 saturated heterocycles. The lowest BCUT2D eigenvalue weighted by atomic mass is 10.2. The van der Waals surface area contributed by atoms with E-state index in [-0.39, 0.29) is 12.4 Å². The van der Waals surface area contributed by atoms with E-state index in [1.165, 1.54) is 0 Å². The van der Waals surface area contributed by atoms with Crippen molar-refractivity contribution in [2.24, 2.45) is 7.05 Å². The fourth-order valence-electron chi connectivity index (χ4n) is 1.96. The monoisotopic (exact) mass is 280 g/mol. The third kappa shape index (κ3) is 4.48. The Morgan fingerprint density at radius 3 is 2.53 bits per heavy atom. The van der Waals surface area contributed by atoms with Crippen LogP contribution in [0, 0.1) is 0 Å². The Bertz CT molecular complexity index is 492. The lowest BCUT2D eigenvalue weighted by Gasteiger charge is -2.16. The van der Waals surface area contributed by atoms with Gasteiger partial charge in [-0.15, -0.1) is 0 Å². The second-order valence-corrected chi connectivity index (χ2v) is 4.65. The summed E-state index contributed by atoms with van der Waals surface area (Å²) in [6.45, 7) is 3.15.